The minimum Gasteiger partial charge on any atom is -0.426 e. The Bertz CT molecular complexity index is 1080. The van der Waals surface area contributed by atoms with Gasteiger partial charge in [-0.1, -0.05) is 48.0 Å². The maximum atomic E-state index is 12.7. The fourth-order valence-corrected chi connectivity index (χ4v) is 3.27. The highest BCUT2D eigenvalue weighted by Crippen LogP contribution is 2.22. The highest BCUT2D eigenvalue weighted by molar-refractivity contribution is 6.05. The highest BCUT2D eigenvalue weighted by Gasteiger charge is 2.19. The quantitative estimate of drug-likeness (QED) is 0.444. The molecule has 0 aliphatic heterocycles. The van der Waals surface area contributed by atoms with E-state index >= 15 is 0 Å². The number of aryl methyl sites for hydroxylation is 1. The van der Waals surface area contributed by atoms with Crippen molar-refractivity contribution in [3.05, 3.63) is 95.6 Å². The van der Waals surface area contributed by atoms with Gasteiger partial charge in [0.15, 0.2) is 0 Å². The van der Waals surface area contributed by atoms with Crippen LogP contribution >= 0.6 is 0 Å². The molecule has 32 heavy (non-hydrogen) atoms. The monoisotopic (exact) mass is 430 g/mol. The molecule has 0 saturated carbocycles. The van der Waals surface area contributed by atoms with Crippen LogP contribution in [0.25, 0.3) is 0 Å². The van der Waals surface area contributed by atoms with Crippen molar-refractivity contribution in [2.24, 2.45) is 0 Å². The van der Waals surface area contributed by atoms with E-state index in [2.05, 4.69) is 5.32 Å². The summed E-state index contributed by atoms with van der Waals surface area (Å²) < 4.78 is 5.45. The molecule has 3 rings (SSSR count). The minimum atomic E-state index is -0.473. The molecule has 164 valence electrons. The molecule has 0 bridgehead atoms. The van der Waals surface area contributed by atoms with Crippen molar-refractivity contribution in [3.63, 3.8) is 0 Å². The van der Waals surface area contributed by atoms with E-state index in [4.69, 9.17) is 4.74 Å². The number of benzene rings is 3. The second-order valence-corrected chi connectivity index (χ2v) is 7.57. The van der Waals surface area contributed by atoms with Gasteiger partial charge < -0.3 is 15.0 Å². The van der Waals surface area contributed by atoms with Crippen LogP contribution in [-0.2, 0) is 9.59 Å². The predicted octanol–water partition coefficient (Wildman–Crippen LogP) is 4.44. The van der Waals surface area contributed by atoms with Crippen molar-refractivity contribution in [1.82, 2.24) is 5.32 Å². The van der Waals surface area contributed by atoms with Gasteiger partial charge in [0.25, 0.3) is 5.91 Å². The molecule has 6 heteroatoms. The largest absolute Gasteiger partial charge is 0.426 e. The average Bonchev–Trinajstić information content (AvgIpc) is 2.79. The van der Waals surface area contributed by atoms with Gasteiger partial charge in [-0.2, -0.15) is 0 Å². The Kier molecular flexibility index (Phi) is 7.39. The lowest BCUT2D eigenvalue weighted by Crippen LogP contribution is -2.29. The van der Waals surface area contributed by atoms with Crippen LogP contribution in [0, 0.1) is 6.92 Å². The van der Waals surface area contributed by atoms with E-state index in [0.717, 1.165) is 11.1 Å². The summed E-state index contributed by atoms with van der Waals surface area (Å²) in [5, 5.41) is 2.78. The van der Waals surface area contributed by atoms with Crippen LogP contribution in [0.5, 0.6) is 5.75 Å². The molecule has 0 spiro atoms. The van der Waals surface area contributed by atoms with Gasteiger partial charge in [0.2, 0.25) is 5.91 Å². The Morgan fingerprint density at radius 2 is 1.53 bits per heavy atom. The number of amides is 2. The maximum absolute atomic E-state index is 12.7. The number of carbonyl (C=O) groups is 3. The summed E-state index contributed by atoms with van der Waals surface area (Å²) in [6.07, 6.45) is -0.00282. The van der Waals surface area contributed by atoms with Crippen LogP contribution in [0.15, 0.2) is 78.9 Å². The normalized spacial score (nSPS) is 11.3. The highest BCUT2D eigenvalue weighted by atomic mass is 16.5. The molecule has 1 atom stereocenters. The number of anilines is 1. The molecular formula is C26H26N2O4. The zero-order valence-electron chi connectivity index (χ0n) is 18.4. The predicted molar refractivity (Wildman–Crippen MR) is 124 cm³/mol. The van der Waals surface area contributed by atoms with Crippen molar-refractivity contribution in [1.29, 1.82) is 0 Å². The van der Waals surface area contributed by atoms with E-state index < -0.39 is 12.0 Å². The molecule has 0 aliphatic rings. The second kappa shape index (κ2) is 10.4. The number of nitrogens with one attached hydrogen (secondary N) is 1. The Morgan fingerprint density at radius 1 is 0.906 bits per heavy atom. The topological polar surface area (TPSA) is 75.7 Å². The van der Waals surface area contributed by atoms with E-state index in [1.54, 1.807) is 48.3 Å². The van der Waals surface area contributed by atoms with Crippen molar-refractivity contribution in [2.45, 2.75) is 26.3 Å². The average molecular weight is 431 g/mol. The van der Waals surface area contributed by atoms with Gasteiger partial charge in [0.05, 0.1) is 12.5 Å². The van der Waals surface area contributed by atoms with Gasteiger partial charge in [-0.05, 0) is 48.9 Å². The van der Waals surface area contributed by atoms with Crippen LogP contribution in [0.4, 0.5) is 5.69 Å². The van der Waals surface area contributed by atoms with Crippen LogP contribution in [0.1, 0.15) is 40.9 Å². The molecule has 0 fully saturated rings. The molecule has 0 aliphatic carbocycles. The second-order valence-electron chi connectivity index (χ2n) is 7.57. The molecule has 0 aromatic heterocycles. The van der Waals surface area contributed by atoms with Crippen molar-refractivity contribution in [2.75, 3.05) is 11.9 Å². The van der Waals surface area contributed by atoms with Gasteiger partial charge in [-0.15, -0.1) is 0 Å². The number of rotatable bonds is 7. The Balaban J connectivity index is 1.64. The fourth-order valence-electron chi connectivity index (χ4n) is 3.27. The lowest BCUT2D eigenvalue weighted by atomic mass is 10.0. The molecule has 2 amide bonds. The first-order chi connectivity index (χ1) is 15.3. The third-order valence-corrected chi connectivity index (χ3v) is 5.01. The van der Waals surface area contributed by atoms with Crippen LogP contribution in [0.3, 0.4) is 0 Å². The van der Waals surface area contributed by atoms with E-state index in [9.17, 15) is 14.4 Å². The summed E-state index contributed by atoms with van der Waals surface area (Å²) >= 11 is 0. The first kappa shape index (κ1) is 22.7. The van der Waals surface area contributed by atoms with E-state index in [-0.39, 0.29) is 18.2 Å². The summed E-state index contributed by atoms with van der Waals surface area (Å²) in [7, 11) is 1.70. The summed E-state index contributed by atoms with van der Waals surface area (Å²) in [4.78, 5) is 38.2. The molecule has 0 radical (unpaired) electrons. The number of carbonyl (C=O) groups excluding carboxylic acids is 3. The van der Waals surface area contributed by atoms with Crippen LogP contribution in [-0.4, -0.2) is 24.8 Å². The molecule has 0 saturated heterocycles. The maximum Gasteiger partial charge on any atom is 0.313 e. The molecule has 3 aromatic carbocycles. The molecular weight excluding hydrogens is 404 g/mol. The van der Waals surface area contributed by atoms with Gasteiger partial charge in [-0.3, -0.25) is 14.4 Å². The minimum absolute atomic E-state index is 0.00282. The van der Waals surface area contributed by atoms with Gasteiger partial charge >= 0.3 is 5.97 Å². The molecule has 6 nitrogen and oxygen atoms in total. The van der Waals surface area contributed by atoms with Gasteiger partial charge in [0.1, 0.15) is 5.75 Å². The van der Waals surface area contributed by atoms with Crippen molar-refractivity contribution >= 4 is 23.5 Å². The van der Waals surface area contributed by atoms with Crippen molar-refractivity contribution < 1.29 is 19.1 Å². The summed E-state index contributed by atoms with van der Waals surface area (Å²) in [6.45, 7) is 3.38. The van der Waals surface area contributed by atoms with Crippen molar-refractivity contribution in [3.8, 4) is 5.75 Å². The zero-order chi connectivity index (χ0) is 23.1. The van der Waals surface area contributed by atoms with Gasteiger partial charge in [0, 0.05) is 25.2 Å². The van der Waals surface area contributed by atoms with E-state index in [1.807, 2.05) is 49.4 Å². The molecule has 1 unspecified atom stereocenters. The Morgan fingerprint density at radius 3 is 2.12 bits per heavy atom. The SMILES string of the molecule is CC(=O)NC(CC(=O)Oc1ccc(N(C)C(=O)c2ccc(C)cc2)cc1)c1ccccc1. The fraction of sp³-hybridized carbons (Fsp3) is 0.192. The summed E-state index contributed by atoms with van der Waals surface area (Å²) in [6, 6.07) is 22.9. The summed E-state index contributed by atoms with van der Waals surface area (Å²) in [5.74, 6) is -0.456. The first-order valence-corrected chi connectivity index (χ1v) is 10.3. The number of esters is 1. The van der Waals surface area contributed by atoms with E-state index in [0.29, 0.717) is 17.0 Å². The smallest absolute Gasteiger partial charge is 0.313 e. The van der Waals surface area contributed by atoms with E-state index in [1.165, 1.54) is 6.92 Å². The number of nitrogens with zero attached hydrogens (tertiary/aromatic N) is 1. The lowest BCUT2D eigenvalue weighted by Gasteiger charge is -2.19. The lowest BCUT2D eigenvalue weighted by molar-refractivity contribution is -0.135. The number of hydrogen-bond acceptors (Lipinski definition) is 4. The Hall–Kier alpha value is -3.93. The summed E-state index contributed by atoms with van der Waals surface area (Å²) in [5.41, 5.74) is 3.18. The third-order valence-electron chi connectivity index (χ3n) is 5.01. The molecule has 0 heterocycles. The molecule has 3 aromatic rings. The number of hydrogen-bond donors (Lipinski definition) is 1. The third kappa shape index (κ3) is 6.04. The zero-order valence-corrected chi connectivity index (χ0v) is 18.4. The van der Waals surface area contributed by atoms with Gasteiger partial charge in [-0.25, -0.2) is 0 Å². The van der Waals surface area contributed by atoms with Crippen LogP contribution in [0.2, 0.25) is 0 Å². The first-order valence-electron chi connectivity index (χ1n) is 10.3. The molecule has 1 N–H and O–H groups in total. The number of ether oxygens (including phenoxy) is 1. The van der Waals surface area contributed by atoms with Crippen LogP contribution < -0.4 is 15.0 Å². The standard InChI is InChI=1S/C26H26N2O4/c1-18-9-11-21(12-10-18)26(31)28(3)22-13-15-23(16-14-22)32-25(30)17-24(27-19(2)29)20-7-5-4-6-8-20/h4-16,24H,17H2,1-3H3,(H,27,29). The Labute approximate surface area is 187 Å².